The van der Waals surface area contributed by atoms with Gasteiger partial charge in [-0.2, -0.15) is 0 Å². The van der Waals surface area contributed by atoms with Gasteiger partial charge in [-0.15, -0.1) is 0 Å². The van der Waals surface area contributed by atoms with Crippen LogP contribution in [0.4, 0.5) is 0 Å². The molecule has 0 radical (unpaired) electrons. The van der Waals surface area contributed by atoms with Crippen LogP contribution in [-0.4, -0.2) is 49.4 Å². The Morgan fingerprint density at radius 2 is 2.25 bits per heavy atom. The van der Waals surface area contributed by atoms with E-state index in [1.54, 1.807) is 0 Å². The minimum Gasteiger partial charge on any atom is -0.459 e. The number of furan rings is 1. The van der Waals surface area contributed by atoms with Gasteiger partial charge < -0.3 is 14.2 Å². The van der Waals surface area contributed by atoms with Crippen molar-refractivity contribution in [2.45, 2.75) is 19.4 Å². The molecule has 0 unspecified atom stereocenters. The molecule has 1 aliphatic rings. The van der Waals surface area contributed by atoms with E-state index in [1.807, 2.05) is 6.07 Å². The number of nitrogens with one attached hydrogen (secondary N) is 1. The number of nitrogen functional groups attached to an aromatic ring is 1. The Hall–Kier alpha value is -1.37. The Morgan fingerprint density at radius 3 is 2.90 bits per heavy atom. The molecular formula is C14H24N4O2. The molecule has 1 fully saturated rings. The fraction of sp³-hybridized carbons (Fsp3) is 0.643. The van der Waals surface area contributed by atoms with E-state index in [1.165, 1.54) is 32.2 Å². The molecule has 1 aromatic heterocycles. The number of piperidine rings is 1. The van der Waals surface area contributed by atoms with Gasteiger partial charge in [0.2, 0.25) is 0 Å². The summed E-state index contributed by atoms with van der Waals surface area (Å²) in [6.45, 7) is 4.09. The molecule has 1 aromatic rings. The third kappa shape index (κ3) is 3.82. The Labute approximate surface area is 119 Å². The average molecular weight is 280 g/mol. The van der Waals surface area contributed by atoms with E-state index in [0.29, 0.717) is 12.3 Å². The maximum absolute atomic E-state index is 11.5. The van der Waals surface area contributed by atoms with Crippen LogP contribution in [0.3, 0.4) is 0 Å². The summed E-state index contributed by atoms with van der Waals surface area (Å²) in [6, 6.07) is 1.83. The molecule has 0 atom stereocenters. The second-order valence-electron chi connectivity index (χ2n) is 5.69. The highest BCUT2D eigenvalue weighted by atomic mass is 16.3. The Bertz CT molecular complexity index is 438. The van der Waals surface area contributed by atoms with Gasteiger partial charge in [-0.25, -0.2) is 5.84 Å². The molecular weight excluding hydrogens is 256 g/mol. The highest BCUT2D eigenvalue weighted by Crippen LogP contribution is 2.19. The summed E-state index contributed by atoms with van der Waals surface area (Å²) < 4.78 is 5.20. The van der Waals surface area contributed by atoms with Crippen molar-refractivity contribution in [2.75, 3.05) is 33.7 Å². The topological polar surface area (TPSA) is 74.7 Å². The van der Waals surface area contributed by atoms with E-state index in [2.05, 4.69) is 29.3 Å². The zero-order valence-corrected chi connectivity index (χ0v) is 12.3. The molecule has 0 spiro atoms. The highest BCUT2D eigenvalue weighted by Gasteiger charge is 2.20. The average Bonchev–Trinajstić information content (AvgIpc) is 2.88. The van der Waals surface area contributed by atoms with Crippen molar-refractivity contribution in [3.05, 3.63) is 23.7 Å². The minimum atomic E-state index is -0.377. The molecule has 1 aliphatic heterocycles. The van der Waals surface area contributed by atoms with Gasteiger partial charge in [0.05, 0.1) is 6.26 Å². The molecule has 0 saturated carbocycles. The lowest BCUT2D eigenvalue weighted by Gasteiger charge is -2.31. The van der Waals surface area contributed by atoms with Crippen LogP contribution in [0, 0.1) is 5.92 Å². The molecule has 2 heterocycles. The van der Waals surface area contributed by atoms with Crippen molar-refractivity contribution < 1.29 is 9.21 Å². The van der Waals surface area contributed by atoms with Gasteiger partial charge in [0, 0.05) is 18.7 Å². The van der Waals surface area contributed by atoms with Crippen LogP contribution in [0.5, 0.6) is 0 Å². The van der Waals surface area contributed by atoms with Gasteiger partial charge in [-0.3, -0.25) is 10.2 Å². The molecule has 0 aliphatic carbocycles. The molecule has 20 heavy (non-hydrogen) atoms. The van der Waals surface area contributed by atoms with E-state index in [4.69, 9.17) is 10.3 Å². The van der Waals surface area contributed by atoms with Crippen LogP contribution in [0.15, 0.2) is 16.7 Å². The van der Waals surface area contributed by atoms with E-state index in [9.17, 15) is 4.79 Å². The summed E-state index contributed by atoms with van der Waals surface area (Å²) in [5.74, 6) is 5.81. The maximum Gasteiger partial charge on any atom is 0.301 e. The molecule has 112 valence electrons. The van der Waals surface area contributed by atoms with Gasteiger partial charge in [0.15, 0.2) is 5.76 Å². The lowest BCUT2D eigenvalue weighted by Crippen LogP contribution is -2.36. The van der Waals surface area contributed by atoms with Crippen LogP contribution in [-0.2, 0) is 6.54 Å². The quantitative estimate of drug-likeness (QED) is 0.471. The Kier molecular flexibility index (Phi) is 5.17. The fourth-order valence-electron chi connectivity index (χ4n) is 2.77. The fourth-order valence-corrected chi connectivity index (χ4v) is 2.77. The van der Waals surface area contributed by atoms with Crippen LogP contribution < -0.4 is 11.3 Å². The van der Waals surface area contributed by atoms with Crippen molar-refractivity contribution in [2.24, 2.45) is 11.8 Å². The summed E-state index contributed by atoms with van der Waals surface area (Å²) in [7, 11) is 4.25. The molecule has 2 rings (SSSR count). The number of carbonyl (C=O) groups excluding carboxylic acids is 1. The largest absolute Gasteiger partial charge is 0.459 e. The summed E-state index contributed by atoms with van der Waals surface area (Å²) in [4.78, 5) is 16.2. The van der Waals surface area contributed by atoms with Crippen molar-refractivity contribution in [3.8, 4) is 0 Å². The Balaban J connectivity index is 1.87. The zero-order chi connectivity index (χ0) is 14.5. The number of hydrazine groups is 1. The smallest absolute Gasteiger partial charge is 0.301 e. The number of hydrogen-bond donors (Lipinski definition) is 2. The maximum atomic E-state index is 11.5. The van der Waals surface area contributed by atoms with Gasteiger partial charge in [0.25, 0.3) is 0 Å². The number of rotatable bonds is 5. The molecule has 0 aromatic carbocycles. The number of amides is 1. The van der Waals surface area contributed by atoms with Crippen molar-refractivity contribution in [3.63, 3.8) is 0 Å². The lowest BCUT2D eigenvalue weighted by atomic mass is 9.96. The molecule has 6 heteroatoms. The monoisotopic (exact) mass is 280 g/mol. The first-order valence-electron chi connectivity index (χ1n) is 7.04. The second-order valence-corrected chi connectivity index (χ2v) is 5.69. The number of carbonyl (C=O) groups is 1. The normalized spacial score (nSPS) is 17.6. The van der Waals surface area contributed by atoms with Gasteiger partial charge in [0.1, 0.15) is 0 Å². The summed E-state index contributed by atoms with van der Waals surface area (Å²) >= 11 is 0. The minimum absolute atomic E-state index is 0.308. The van der Waals surface area contributed by atoms with Crippen LogP contribution in [0.2, 0.25) is 0 Å². The molecule has 6 nitrogen and oxygen atoms in total. The van der Waals surface area contributed by atoms with E-state index < -0.39 is 0 Å². The third-order valence-electron chi connectivity index (χ3n) is 3.93. The first kappa shape index (κ1) is 15.0. The van der Waals surface area contributed by atoms with Crippen LogP contribution in [0.1, 0.15) is 29.0 Å². The standard InChI is InChI=1S/C14H24N4O2/c1-17-6-3-11(4-7-17)9-18(2)10-12-5-8-20-13(12)14(19)16-15/h5,8,11H,3-4,6-7,9-10,15H2,1-2H3,(H,16,19). The molecule has 1 saturated heterocycles. The van der Waals surface area contributed by atoms with Crippen molar-refractivity contribution in [1.82, 2.24) is 15.2 Å². The van der Waals surface area contributed by atoms with Gasteiger partial charge in [-0.1, -0.05) is 0 Å². The SMILES string of the molecule is CN1CCC(CN(C)Cc2ccoc2C(=O)NN)CC1. The molecule has 0 bridgehead atoms. The van der Waals surface area contributed by atoms with Gasteiger partial charge >= 0.3 is 5.91 Å². The van der Waals surface area contributed by atoms with E-state index in [0.717, 1.165) is 18.0 Å². The molecule has 3 N–H and O–H groups in total. The van der Waals surface area contributed by atoms with Gasteiger partial charge in [-0.05, 0) is 52.0 Å². The number of likely N-dealkylation sites (tertiary alicyclic amines) is 1. The number of nitrogens with two attached hydrogens (primary N) is 1. The first-order valence-corrected chi connectivity index (χ1v) is 7.04. The second kappa shape index (κ2) is 6.88. The number of hydrogen-bond acceptors (Lipinski definition) is 5. The lowest BCUT2D eigenvalue weighted by molar-refractivity contribution is 0.0923. The van der Waals surface area contributed by atoms with E-state index >= 15 is 0 Å². The van der Waals surface area contributed by atoms with Crippen LogP contribution >= 0.6 is 0 Å². The highest BCUT2D eigenvalue weighted by molar-refractivity contribution is 5.92. The zero-order valence-electron chi connectivity index (χ0n) is 12.3. The third-order valence-corrected chi connectivity index (χ3v) is 3.93. The first-order chi connectivity index (χ1) is 9.60. The summed E-state index contributed by atoms with van der Waals surface area (Å²) in [6.07, 6.45) is 4.01. The summed E-state index contributed by atoms with van der Waals surface area (Å²) in [5.41, 5.74) is 2.99. The number of nitrogens with zero attached hydrogens (tertiary/aromatic N) is 2. The van der Waals surface area contributed by atoms with E-state index in [-0.39, 0.29) is 5.91 Å². The molecule has 1 amide bonds. The van der Waals surface area contributed by atoms with Crippen LogP contribution in [0.25, 0.3) is 0 Å². The predicted molar refractivity (Wildman–Crippen MR) is 76.9 cm³/mol. The summed E-state index contributed by atoms with van der Waals surface area (Å²) in [5, 5.41) is 0. The van der Waals surface area contributed by atoms with Crippen molar-refractivity contribution in [1.29, 1.82) is 0 Å². The predicted octanol–water partition coefficient (Wildman–Crippen LogP) is 0.657. The Morgan fingerprint density at radius 1 is 1.55 bits per heavy atom. The van der Waals surface area contributed by atoms with Crippen molar-refractivity contribution >= 4 is 5.91 Å².